The summed E-state index contributed by atoms with van der Waals surface area (Å²) < 4.78 is 16.0. The fourth-order valence-corrected chi connectivity index (χ4v) is 2.79. The molecule has 2 aromatic rings. The topological polar surface area (TPSA) is 85.9 Å². The summed E-state index contributed by atoms with van der Waals surface area (Å²) in [7, 11) is 4.57. The molecular formula is C23H28N2O5. The maximum absolute atomic E-state index is 12.5. The first kappa shape index (κ1) is 22.8. The average molecular weight is 412 g/mol. The Morgan fingerprint density at radius 1 is 1.00 bits per heavy atom. The lowest BCUT2D eigenvalue weighted by Crippen LogP contribution is -2.32. The number of carbonyl (C=O) groups is 2. The van der Waals surface area contributed by atoms with Gasteiger partial charge in [0.05, 0.1) is 32.6 Å². The minimum Gasteiger partial charge on any atom is -0.493 e. The van der Waals surface area contributed by atoms with E-state index in [1.165, 1.54) is 27.4 Å². The zero-order chi connectivity index (χ0) is 22.1. The molecule has 30 heavy (non-hydrogen) atoms. The van der Waals surface area contributed by atoms with Gasteiger partial charge in [0.2, 0.25) is 11.7 Å². The van der Waals surface area contributed by atoms with Crippen LogP contribution >= 0.6 is 0 Å². The van der Waals surface area contributed by atoms with Crippen molar-refractivity contribution in [2.45, 2.75) is 26.3 Å². The van der Waals surface area contributed by atoms with Crippen LogP contribution in [0.25, 0.3) is 6.08 Å². The summed E-state index contributed by atoms with van der Waals surface area (Å²) in [6, 6.07) is 10.4. The summed E-state index contributed by atoms with van der Waals surface area (Å²) in [4.78, 5) is 25.0. The average Bonchev–Trinajstić information content (AvgIpc) is 2.76. The second kappa shape index (κ2) is 10.9. The monoisotopic (exact) mass is 412 g/mol. The first-order chi connectivity index (χ1) is 14.4. The van der Waals surface area contributed by atoms with Gasteiger partial charge in [-0.25, -0.2) is 0 Å². The Bertz CT molecular complexity index is 924. The number of amides is 2. The fraction of sp³-hybridized carbons (Fsp3) is 0.304. The molecule has 0 aromatic heterocycles. The SMILES string of the molecule is CC[C@H](C)NC(=O)c1ccccc1NC(=O)/C=C/c1ccc(OC)c(OC)c1OC. The van der Waals surface area contributed by atoms with E-state index in [2.05, 4.69) is 10.6 Å². The summed E-state index contributed by atoms with van der Waals surface area (Å²) >= 11 is 0. The highest BCUT2D eigenvalue weighted by Gasteiger charge is 2.16. The predicted octanol–water partition coefficient (Wildman–Crippen LogP) is 3.89. The number of methoxy groups -OCH3 is 3. The first-order valence-electron chi connectivity index (χ1n) is 9.63. The van der Waals surface area contributed by atoms with Crippen LogP contribution in [0.15, 0.2) is 42.5 Å². The van der Waals surface area contributed by atoms with Gasteiger partial charge < -0.3 is 24.8 Å². The van der Waals surface area contributed by atoms with Gasteiger partial charge in [-0.1, -0.05) is 19.1 Å². The number of hydrogen-bond donors (Lipinski definition) is 2. The van der Waals surface area contributed by atoms with E-state index in [1.54, 1.807) is 42.5 Å². The third kappa shape index (κ3) is 5.53. The number of nitrogens with one attached hydrogen (secondary N) is 2. The lowest BCUT2D eigenvalue weighted by Gasteiger charge is -2.14. The zero-order valence-corrected chi connectivity index (χ0v) is 17.9. The molecule has 0 unspecified atom stereocenters. The number of rotatable bonds is 9. The van der Waals surface area contributed by atoms with Crippen molar-refractivity contribution in [3.05, 3.63) is 53.6 Å². The van der Waals surface area contributed by atoms with Gasteiger partial charge in [0.25, 0.3) is 5.91 Å². The smallest absolute Gasteiger partial charge is 0.253 e. The van der Waals surface area contributed by atoms with Gasteiger partial charge >= 0.3 is 0 Å². The standard InChI is InChI=1S/C23H28N2O5/c1-6-15(2)24-23(27)17-9-7-8-10-18(17)25-20(26)14-12-16-11-13-19(28-3)22(30-5)21(16)29-4/h7-15H,6H2,1-5H3,(H,24,27)(H,25,26)/b14-12+/t15-/m0/s1. The van der Waals surface area contributed by atoms with Crippen LogP contribution in [0.2, 0.25) is 0 Å². The highest BCUT2D eigenvalue weighted by Crippen LogP contribution is 2.40. The summed E-state index contributed by atoms with van der Waals surface area (Å²) in [5.74, 6) is 0.808. The van der Waals surface area contributed by atoms with Crippen molar-refractivity contribution in [2.24, 2.45) is 0 Å². The van der Waals surface area contributed by atoms with Crippen LogP contribution in [0.1, 0.15) is 36.2 Å². The molecule has 7 heteroatoms. The molecular weight excluding hydrogens is 384 g/mol. The largest absolute Gasteiger partial charge is 0.493 e. The highest BCUT2D eigenvalue weighted by atomic mass is 16.5. The van der Waals surface area contributed by atoms with Crippen LogP contribution < -0.4 is 24.8 Å². The maximum Gasteiger partial charge on any atom is 0.253 e. The Hall–Kier alpha value is -3.48. The minimum atomic E-state index is -0.379. The van der Waals surface area contributed by atoms with E-state index in [9.17, 15) is 9.59 Å². The van der Waals surface area contributed by atoms with E-state index in [1.807, 2.05) is 13.8 Å². The van der Waals surface area contributed by atoms with E-state index < -0.39 is 0 Å². The third-order valence-corrected chi connectivity index (χ3v) is 4.57. The summed E-state index contributed by atoms with van der Waals surface area (Å²) in [5, 5.41) is 5.66. The van der Waals surface area contributed by atoms with Crippen molar-refractivity contribution in [3.63, 3.8) is 0 Å². The summed E-state index contributed by atoms with van der Waals surface area (Å²) in [5.41, 5.74) is 1.49. The molecule has 2 rings (SSSR count). The molecule has 7 nitrogen and oxygen atoms in total. The molecule has 2 aromatic carbocycles. The van der Waals surface area contributed by atoms with Gasteiger partial charge in [-0.2, -0.15) is 0 Å². The highest BCUT2D eigenvalue weighted by molar-refractivity contribution is 6.07. The second-order valence-corrected chi connectivity index (χ2v) is 6.57. The third-order valence-electron chi connectivity index (χ3n) is 4.57. The van der Waals surface area contributed by atoms with Gasteiger partial charge in [0.15, 0.2) is 11.5 Å². The van der Waals surface area contributed by atoms with Crippen LogP contribution in [0.4, 0.5) is 5.69 Å². The second-order valence-electron chi connectivity index (χ2n) is 6.57. The Kier molecular flexibility index (Phi) is 8.29. The number of carbonyl (C=O) groups excluding carboxylic acids is 2. The Labute approximate surface area is 177 Å². The number of para-hydroxylation sites is 1. The zero-order valence-electron chi connectivity index (χ0n) is 17.9. The van der Waals surface area contributed by atoms with Gasteiger partial charge in [-0.3, -0.25) is 9.59 Å². The van der Waals surface area contributed by atoms with E-state index in [-0.39, 0.29) is 17.9 Å². The molecule has 0 spiro atoms. The Morgan fingerprint density at radius 2 is 1.70 bits per heavy atom. The molecule has 0 aliphatic rings. The molecule has 0 aliphatic carbocycles. The van der Waals surface area contributed by atoms with E-state index in [0.29, 0.717) is 34.1 Å². The van der Waals surface area contributed by atoms with Crippen molar-refractivity contribution < 1.29 is 23.8 Å². The molecule has 2 amide bonds. The normalized spacial score (nSPS) is 11.6. The molecule has 0 fully saturated rings. The van der Waals surface area contributed by atoms with Crippen molar-refractivity contribution in [1.82, 2.24) is 5.32 Å². The van der Waals surface area contributed by atoms with Crippen molar-refractivity contribution in [3.8, 4) is 17.2 Å². The van der Waals surface area contributed by atoms with Crippen LogP contribution in [-0.2, 0) is 4.79 Å². The van der Waals surface area contributed by atoms with Crippen LogP contribution in [0.3, 0.4) is 0 Å². The molecule has 0 heterocycles. The first-order valence-corrected chi connectivity index (χ1v) is 9.63. The molecule has 0 aliphatic heterocycles. The quantitative estimate of drug-likeness (QED) is 0.610. The molecule has 160 valence electrons. The molecule has 1 atom stereocenters. The Balaban J connectivity index is 2.21. The predicted molar refractivity (Wildman–Crippen MR) is 117 cm³/mol. The van der Waals surface area contributed by atoms with Crippen LogP contribution in [0, 0.1) is 0 Å². The summed E-state index contributed by atoms with van der Waals surface area (Å²) in [6.07, 6.45) is 3.79. The molecule has 0 saturated heterocycles. The fourth-order valence-electron chi connectivity index (χ4n) is 2.79. The number of anilines is 1. The minimum absolute atomic E-state index is 0.0404. The number of ether oxygens (including phenoxy) is 3. The molecule has 0 bridgehead atoms. The lowest BCUT2D eigenvalue weighted by molar-refractivity contribution is -0.111. The van der Waals surface area contributed by atoms with E-state index in [0.717, 1.165) is 6.42 Å². The van der Waals surface area contributed by atoms with Crippen LogP contribution in [-0.4, -0.2) is 39.2 Å². The van der Waals surface area contributed by atoms with Crippen molar-refractivity contribution >= 4 is 23.6 Å². The van der Waals surface area contributed by atoms with E-state index in [4.69, 9.17) is 14.2 Å². The van der Waals surface area contributed by atoms with Gasteiger partial charge in [-0.15, -0.1) is 0 Å². The van der Waals surface area contributed by atoms with Crippen LogP contribution in [0.5, 0.6) is 17.2 Å². The molecule has 0 radical (unpaired) electrons. The number of benzene rings is 2. The molecule has 2 N–H and O–H groups in total. The van der Waals surface area contributed by atoms with Crippen molar-refractivity contribution in [2.75, 3.05) is 26.6 Å². The Morgan fingerprint density at radius 3 is 2.33 bits per heavy atom. The summed E-state index contributed by atoms with van der Waals surface area (Å²) in [6.45, 7) is 3.92. The number of hydrogen-bond acceptors (Lipinski definition) is 5. The van der Waals surface area contributed by atoms with E-state index >= 15 is 0 Å². The van der Waals surface area contributed by atoms with Crippen molar-refractivity contribution in [1.29, 1.82) is 0 Å². The van der Waals surface area contributed by atoms with Gasteiger partial charge in [0.1, 0.15) is 0 Å². The molecule has 0 saturated carbocycles. The van der Waals surface area contributed by atoms with Gasteiger partial charge in [-0.05, 0) is 43.7 Å². The lowest BCUT2D eigenvalue weighted by atomic mass is 10.1. The van der Waals surface area contributed by atoms with Gasteiger partial charge in [0, 0.05) is 17.7 Å². The maximum atomic E-state index is 12.5.